The third kappa shape index (κ3) is 4.92. The Morgan fingerprint density at radius 3 is 2.47 bits per heavy atom. The fraction of sp³-hybridized carbons (Fsp3) is 0.0769. The lowest BCUT2D eigenvalue weighted by Crippen LogP contribution is -2.19. The molecule has 0 aliphatic rings. The number of fused-ring (bicyclic) bond motifs is 1. The van der Waals surface area contributed by atoms with Crippen LogP contribution in [0.15, 0.2) is 102 Å². The van der Waals surface area contributed by atoms with Crippen molar-refractivity contribution in [3.05, 3.63) is 114 Å². The Morgan fingerprint density at radius 1 is 0.833 bits per heavy atom. The Labute approximate surface area is 175 Å². The molecule has 0 bridgehead atoms. The van der Waals surface area contributed by atoms with Crippen molar-refractivity contribution in [1.82, 2.24) is 5.43 Å². The largest absolute Gasteiger partial charge is 0.488 e. The van der Waals surface area contributed by atoms with Crippen molar-refractivity contribution in [3.8, 4) is 5.75 Å². The standard InChI is InChI=1S/C26H22N2O2/c29-26(17-20-9-2-1-3-10-20)28-27-18-22-12-5-7-16-25(22)30-19-23-14-8-13-21-11-4-6-15-24(21)23/h1-16,18H,17,19H2,(H,28,29)/b27-18+. The van der Waals surface area contributed by atoms with Crippen LogP contribution in [0.3, 0.4) is 0 Å². The monoisotopic (exact) mass is 394 g/mol. The highest BCUT2D eigenvalue weighted by molar-refractivity contribution is 5.86. The average molecular weight is 394 g/mol. The van der Waals surface area contributed by atoms with Crippen LogP contribution in [-0.2, 0) is 17.8 Å². The van der Waals surface area contributed by atoms with E-state index in [1.54, 1.807) is 6.21 Å². The van der Waals surface area contributed by atoms with Gasteiger partial charge in [-0.3, -0.25) is 4.79 Å². The molecule has 0 fully saturated rings. The molecule has 4 aromatic carbocycles. The summed E-state index contributed by atoms with van der Waals surface area (Å²) in [4.78, 5) is 12.1. The molecule has 0 saturated carbocycles. The van der Waals surface area contributed by atoms with E-state index in [4.69, 9.17) is 4.74 Å². The highest BCUT2D eigenvalue weighted by atomic mass is 16.5. The average Bonchev–Trinajstić information content (AvgIpc) is 2.79. The summed E-state index contributed by atoms with van der Waals surface area (Å²) in [6, 6.07) is 31.7. The molecule has 0 unspecified atom stereocenters. The van der Waals surface area contributed by atoms with Gasteiger partial charge >= 0.3 is 0 Å². The van der Waals surface area contributed by atoms with Gasteiger partial charge in [0.2, 0.25) is 5.91 Å². The molecule has 4 nitrogen and oxygen atoms in total. The zero-order chi connectivity index (χ0) is 20.6. The minimum atomic E-state index is -0.161. The third-order valence-corrected chi connectivity index (χ3v) is 4.78. The maximum atomic E-state index is 12.1. The van der Waals surface area contributed by atoms with Crippen molar-refractivity contribution < 1.29 is 9.53 Å². The molecule has 0 aromatic heterocycles. The highest BCUT2D eigenvalue weighted by Crippen LogP contribution is 2.22. The van der Waals surface area contributed by atoms with Crippen molar-refractivity contribution in [2.75, 3.05) is 0 Å². The molecule has 4 heteroatoms. The lowest BCUT2D eigenvalue weighted by atomic mass is 10.1. The molecule has 148 valence electrons. The van der Waals surface area contributed by atoms with Gasteiger partial charge in [0.15, 0.2) is 0 Å². The molecule has 1 amide bonds. The Kier molecular flexibility index (Phi) is 6.16. The van der Waals surface area contributed by atoms with Crippen LogP contribution in [0.25, 0.3) is 10.8 Å². The van der Waals surface area contributed by atoms with E-state index in [0.29, 0.717) is 12.4 Å². The Hall–Kier alpha value is -3.92. The second-order valence-electron chi connectivity index (χ2n) is 6.92. The number of carbonyl (C=O) groups excluding carboxylic acids is 1. The number of nitrogens with zero attached hydrogens (tertiary/aromatic N) is 1. The van der Waals surface area contributed by atoms with Crippen LogP contribution in [0.1, 0.15) is 16.7 Å². The molecule has 0 saturated heterocycles. The number of hydrogen-bond acceptors (Lipinski definition) is 3. The number of carbonyl (C=O) groups is 1. The van der Waals surface area contributed by atoms with Gasteiger partial charge in [-0.05, 0) is 34.0 Å². The number of hydrazone groups is 1. The number of ether oxygens (including phenoxy) is 1. The summed E-state index contributed by atoms with van der Waals surface area (Å²) in [6.07, 6.45) is 1.90. The summed E-state index contributed by atoms with van der Waals surface area (Å²) in [6.45, 7) is 0.451. The topological polar surface area (TPSA) is 50.7 Å². The number of hydrogen-bond donors (Lipinski definition) is 1. The molecule has 1 N–H and O–H groups in total. The fourth-order valence-electron chi connectivity index (χ4n) is 3.29. The van der Waals surface area contributed by atoms with Gasteiger partial charge < -0.3 is 4.74 Å². The smallest absolute Gasteiger partial charge is 0.244 e. The van der Waals surface area contributed by atoms with Crippen LogP contribution in [0.2, 0.25) is 0 Å². The first-order valence-electron chi connectivity index (χ1n) is 9.84. The lowest BCUT2D eigenvalue weighted by molar-refractivity contribution is -0.120. The van der Waals surface area contributed by atoms with Gasteiger partial charge in [-0.25, -0.2) is 5.43 Å². The van der Waals surface area contributed by atoms with Gasteiger partial charge in [-0.1, -0.05) is 84.9 Å². The van der Waals surface area contributed by atoms with Crippen molar-refractivity contribution in [1.29, 1.82) is 0 Å². The van der Waals surface area contributed by atoms with Gasteiger partial charge in [0, 0.05) is 5.56 Å². The van der Waals surface area contributed by atoms with Crippen LogP contribution < -0.4 is 10.2 Å². The molecular weight excluding hydrogens is 372 g/mol. The fourth-order valence-corrected chi connectivity index (χ4v) is 3.29. The Balaban J connectivity index is 1.41. The molecule has 0 spiro atoms. The molecule has 4 aromatic rings. The predicted octanol–water partition coefficient (Wildman–Crippen LogP) is 5.11. The molecule has 0 aliphatic carbocycles. The maximum Gasteiger partial charge on any atom is 0.244 e. The zero-order valence-corrected chi connectivity index (χ0v) is 16.5. The number of benzene rings is 4. The van der Waals surface area contributed by atoms with Crippen LogP contribution in [0.5, 0.6) is 5.75 Å². The van der Waals surface area contributed by atoms with Gasteiger partial charge in [0.05, 0.1) is 12.6 Å². The van der Waals surface area contributed by atoms with E-state index in [-0.39, 0.29) is 12.3 Å². The summed E-state index contributed by atoms with van der Waals surface area (Å²) in [7, 11) is 0. The highest BCUT2D eigenvalue weighted by Gasteiger charge is 2.05. The molecule has 0 atom stereocenters. The number of amides is 1. The minimum Gasteiger partial charge on any atom is -0.488 e. The van der Waals surface area contributed by atoms with E-state index in [1.165, 1.54) is 10.8 Å². The first-order valence-corrected chi connectivity index (χ1v) is 9.84. The van der Waals surface area contributed by atoms with E-state index in [9.17, 15) is 4.79 Å². The van der Waals surface area contributed by atoms with Crippen LogP contribution in [-0.4, -0.2) is 12.1 Å². The number of rotatable bonds is 7. The molecule has 4 rings (SSSR count). The quantitative estimate of drug-likeness (QED) is 0.350. The van der Waals surface area contributed by atoms with E-state index < -0.39 is 0 Å². The minimum absolute atomic E-state index is 0.161. The van der Waals surface area contributed by atoms with E-state index in [2.05, 4.69) is 34.8 Å². The van der Waals surface area contributed by atoms with Crippen LogP contribution in [0, 0.1) is 0 Å². The predicted molar refractivity (Wildman–Crippen MR) is 121 cm³/mol. The normalized spacial score (nSPS) is 10.9. The molecule has 0 aliphatic heterocycles. The van der Waals surface area contributed by atoms with E-state index in [1.807, 2.05) is 72.8 Å². The maximum absolute atomic E-state index is 12.1. The SMILES string of the molecule is O=C(Cc1ccccc1)N/N=C/c1ccccc1OCc1cccc2ccccc12. The van der Waals surface area contributed by atoms with Gasteiger partial charge in [-0.2, -0.15) is 5.10 Å². The number of nitrogens with one attached hydrogen (secondary N) is 1. The third-order valence-electron chi connectivity index (χ3n) is 4.78. The molecule has 30 heavy (non-hydrogen) atoms. The van der Waals surface area contributed by atoms with E-state index >= 15 is 0 Å². The summed E-state index contributed by atoms with van der Waals surface area (Å²) in [5.41, 5.74) is 5.45. The van der Waals surface area contributed by atoms with Gasteiger partial charge in [0.1, 0.15) is 12.4 Å². The second kappa shape index (κ2) is 9.52. The first kappa shape index (κ1) is 19.4. The summed E-state index contributed by atoms with van der Waals surface area (Å²) in [5, 5.41) is 6.47. The second-order valence-corrected chi connectivity index (χ2v) is 6.92. The van der Waals surface area contributed by atoms with Crippen molar-refractivity contribution in [2.45, 2.75) is 13.0 Å². The van der Waals surface area contributed by atoms with Gasteiger partial charge in [-0.15, -0.1) is 0 Å². The molecule has 0 radical (unpaired) electrons. The number of para-hydroxylation sites is 1. The Bertz CT molecular complexity index is 1160. The van der Waals surface area contributed by atoms with Crippen molar-refractivity contribution in [2.24, 2.45) is 5.10 Å². The summed E-state index contributed by atoms with van der Waals surface area (Å²) < 4.78 is 6.08. The molecule has 0 heterocycles. The summed E-state index contributed by atoms with van der Waals surface area (Å²) >= 11 is 0. The summed E-state index contributed by atoms with van der Waals surface area (Å²) in [5.74, 6) is 0.554. The van der Waals surface area contributed by atoms with Crippen LogP contribution in [0.4, 0.5) is 0 Å². The van der Waals surface area contributed by atoms with Crippen molar-refractivity contribution >= 4 is 22.9 Å². The van der Waals surface area contributed by atoms with Crippen molar-refractivity contribution in [3.63, 3.8) is 0 Å². The van der Waals surface area contributed by atoms with E-state index in [0.717, 1.165) is 16.7 Å². The Morgan fingerprint density at radius 2 is 1.57 bits per heavy atom. The lowest BCUT2D eigenvalue weighted by Gasteiger charge is -2.11. The van der Waals surface area contributed by atoms with Gasteiger partial charge in [0.25, 0.3) is 0 Å². The zero-order valence-electron chi connectivity index (χ0n) is 16.5. The first-order chi connectivity index (χ1) is 14.8. The molecular formula is C26H22N2O2. The van der Waals surface area contributed by atoms with Crippen LogP contribution >= 0.6 is 0 Å².